The number of aromatic nitrogens is 1. The average molecular weight is 566 g/mol. The van der Waals surface area contributed by atoms with Gasteiger partial charge in [0.15, 0.2) is 10.2 Å². The van der Waals surface area contributed by atoms with Crippen LogP contribution in [0.2, 0.25) is 0 Å². The number of methoxy groups -OCH3 is 1. The monoisotopic (exact) mass is 565 g/mol. The van der Waals surface area contributed by atoms with Gasteiger partial charge in [0.1, 0.15) is 29.1 Å². The van der Waals surface area contributed by atoms with Gasteiger partial charge in [-0.05, 0) is 104 Å². The van der Waals surface area contributed by atoms with E-state index in [2.05, 4.69) is 46.4 Å². The molecule has 0 spiro atoms. The number of anilines is 1. The zero-order chi connectivity index (χ0) is 27.5. The van der Waals surface area contributed by atoms with Crippen molar-refractivity contribution in [2.24, 2.45) is 0 Å². The van der Waals surface area contributed by atoms with Crippen LogP contribution < -0.4 is 19.7 Å². The predicted molar refractivity (Wildman–Crippen MR) is 161 cm³/mol. The lowest BCUT2D eigenvalue weighted by molar-refractivity contribution is 0.383. The first-order chi connectivity index (χ1) is 19.6. The molecule has 1 fully saturated rings. The summed E-state index contributed by atoms with van der Waals surface area (Å²) >= 11 is 7.46. The number of rotatable bonds is 8. The third-order valence-electron chi connectivity index (χ3n) is 6.64. The Kier molecular flexibility index (Phi) is 7.44. The predicted octanol–water partition coefficient (Wildman–Crippen LogP) is 8.11. The smallest absolute Gasteiger partial charge is 0.174 e. The highest BCUT2D eigenvalue weighted by molar-refractivity contribution is 7.99. The SMILES string of the molecule is COc1ccc(Oc2ccc(N3C(=S)N[C@H](c4ccccn4)[C@H]3c3ccc(Sc4ccc(C)cc4)o3)cc2)cc1. The van der Waals surface area contributed by atoms with Crippen molar-refractivity contribution >= 4 is 34.8 Å². The fraction of sp³-hybridized carbons (Fsp3) is 0.125. The normalized spacial score (nSPS) is 16.6. The van der Waals surface area contributed by atoms with Crippen LogP contribution in [0.25, 0.3) is 0 Å². The highest BCUT2D eigenvalue weighted by Gasteiger charge is 2.42. The van der Waals surface area contributed by atoms with Gasteiger partial charge in [0.2, 0.25) is 0 Å². The Morgan fingerprint density at radius 3 is 2.23 bits per heavy atom. The summed E-state index contributed by atoms with van der Waals surface area (Å²) in [5.74, 6) is 3.04. The van der Waals surface area contributed by atoms with E-state index in [-0.39, 0.29) is 12.1 Å². The molecule has 8 heteroatoms. The van der Waals surface area contributed by atoms with Gasteiger partial charge in [0, 0.05) is 16.8 Å². The zero-order valence-electron chi connectivity index (χ0n) is 22.0. The quantitative estimate of drug-likeness (QED) is 0.189. The highest BCUT2D eigenvalue weighted by Crippen LogP contribution is 2.43. The molecule has 6 nitrogen and oxygen atoms in total. The summed E-state index contributed by atoms with van der Waals surface area (Å²) < 4.78 is 17.7. The molecule has 1 aliphatic rings. The van der Waals surface area contributed by atoms with E-state index in [1.807, 2.05) is 78.9 Å². The first kappa shape index (κ1) is 26.0. The molecule has 0 saturated carbocycles. The van der Waals surface area contributed by atoms with E-state index in [4.69, 9.17) is 26.1 Å². The van der Waals surface area contributed by atoms with Crippen LogP contribution in [0.3, 0.4) is 0 Å². The largest absolute Gasteiger partial charge is 0.497 e. The summed E-state index contributed by atoms with van der Waals surface area (Å²) in [5.41, 5.74) is 3.04. The number of thiocarbonyl (C=S) groups is 1. The van der Waals surface area contributed by atoms with Gasteiger partial charge in [-0.3, -0.25) is 4.98 Å². The third kappa shape index (κ3) is 5.54. The number of furan rings is 1. The molecule has 3 heterocycles. The van der Waals surface area contributed by atoms with Crippen LogP contribution in [0.4, 0.5) is 5.69 Å². The van der Waals surface area contributed by atoms with Gasteiger partial charge >= 0.3 is 0 Å². The molecule has 0 aliphatic carbocycles. The first-order valence-electron chi connectivity index (χ1n) is 12.8. The topological polar surface area (TPSA) is 59.8 Å². The molecular formula is C32H27N3O3S2. The number of hydrogen-bond acceptors (Lipinski definition) is 6. The van der Waals surface area contributed by atoms with Crippen molar-refractivity contribution in [1.82, 2.24) is 10.3 Å². The zero-order valence-corrected chi connectivity index (χ0v) is 23.6. The van der Waals surface area contributed by atoms with Crippen molar-refractivity contribution in [3.05, 3.63) is 126 Å². The Balaban J connectivity index is 1.29. The average Bonchev–Trinajstić information content (AvgIpc) is 3.59. The molecule has 1 aliphatic heterocycles. The summed E-state index contributed by atoms with van der Waals surface area (Å²) in [7, 11) is 1.64. The van der Waals surface area contributed by atoms with Gasteiger partial charge in [-0.25, -0.2) is 0 Å². The number of benzene rings is 3. The lowest BCUT2D eigenvalue weighted by Crippen LogP contribution is -2.29. The highest BCUT2D eigenvalue weighted by atomic mass is 32.2. The lowest BCUT2D eigenvalue weighted by atomic mass is 10.0. The molecule has 0 bridgehead atoms. The summed E-state index contributed by atoms with van der Waals surface area (Å²) in [5, 5.41) is 4.91. The second kappa shape index (κ2) is 11.5. The van der Waals surface area contributed by atoms with E-state index in [1.54, 1.807) is 25.1 Å². The number of nitrogens with one attached hydrogen (secondary N) is 1. The van der Waals surface area contributed by atoms with E-state index < -0.39 is 0 Å². The molecule has 1 N–H and O–H groups in total. The van der Waals surface area contributed by atoms with Crippen LogP contribution in [0.5, 0.6) is 17.2 Å². The maximum atomic E-state index is 6.43. The van der Waals surface area contributed by atoms with Gasteiger partial charge in [-0.2, -0.15) is 0 Å². The molecule has 0 radical (unpaired) electrons. The molecular weight excluding hydrogens is 539 g/mol. The summed E-state index contributed by atoms with van der Waals surface area (Å²) in [4.78, 5) is 7.84. The van der Waals surface area contributed by atoms with Crippen molar-refractivity contribution in [3.63, 3.8) is 0 Å². The minimum absolute atomic E-state index is 0.188. The Morgan fingerprint density at radius 1 is 0.850 bits per heavy atom. The number of nitrogens with zero attached hydrogens (tertiary/aromatic N) is 2. The van der Waals surface area contributed by atoms with Gasteiger partial charge < -0.3 is 24.1 Å². The van der Waals surface area contributed by atoms with E-state index in [0.717, 1.165) is 44.4 Å². The summed E-state index contributed by atoms with van der Waals surface area (Å²) in [6.45, 7) is 2.08. The molecule has 5 aromatic rings. The van der Waals surface area contributed by atoms with E-state index in [9.17, 15) is 0 Å². The van der Waals surface area contributed by atoms with Crippen LogP contribution in [0, 0.1) is 6.92 Å². The van der Waals surface area contributed by atoms with Gasteiger partial charge in [-0.1, -0.05) is 35.5 Å². The Labute approximate surface area is 243 Å². The van der Waals surface area contributed by atoms with Crippen molar-refractivity contribution in [1.29, 1.82) is 0 Å². The van der Waals surface area contributed by atoms with Crippen LogP contribution in [0.1, 0.15) is 29.1 Å². The Bertz CT molecular complexity index is 1590. The van der Waals surface area contributed by atoms with Crippen LogP contribution in [-0.4, -0.2) is 17.2 Å². The maximum Gasteiger partial charge on any atom is 0.174 e. The molecule has 2 atom stereocenters. The fourth-order valence-electron chi connectivity index (χ4n) is 4.65. The molecule has 6 rings (SSSR count). The van der Waals surface area contributed by atoms with Gasteiger partial charge in [0.05, 0.1) is 18.8 Å². The third-order valence-corrected chi connectivity index (χ3v) is 7.88. The second-order valence-corrected chi connectivity index (χ2v) is 10.8. The molecule has 0 amide bonds. The minimum atomic E-state index is -0.233. The van der Waals surface area contributed by atoms with E-state index in [0.29, 0.717) is 5.11 Å². The summed E-state index contributed by atoms with van der Waals surface area (Å²) in [6, 6.07) is 33.3. The van der Waals surface area contributed by atoms with Gasteiger partial charge in [0.25, 0.3) is 0 Å². The van der Waals surface area contributed by atoms with E-state index in [1.165, 1.54) is 5.56 Å². The van der Waals surface area contributed by atoms with Crippen molar-refractivity contribution in [2.45, 2.75) is 29.0 Å². The second-order valence-electron chi connectivity index (χ2n) is 9.34. The lowest BCUT2D eigenvalue weighted by Gasteiger charge is -2.26. The van der Waals surface area contributed by atoms with Crippen LogP contribution in [0.15, 0.2) is 124 Å². The Hall–Kier alpha value is -4.27. The standard InChI is InChI=1S/C32H27N3O3S2/c1-21-6-16-26(17-7-21)40-29-19-18-28(38-29)31-30(27-5-3-4-20-33-27)34-32(39)35(31)22-8-10-24(11-9-22)37-25-14-12-23(36-2)13-15-25/h3-20,30-31H,1-2H3,(H,34,39)/t30-,31-/m1/s1. The molecule has 0 unspecified atom stereocenters. The van der Waals surface area contributed by atoms with Crippen LogP contribution in [-0.2, 0) is 0 Å². The van der Waals surface area contributed by atoms with Crippen molar-refractivity contribution < 1.29 is 13.9 Å². The summed E-state index contributed by atoms with van der Waals surface area (Å²) in [6.07, 6.45) is 1.80. The maximum absolute atomic E-state index is 6.43. The molecule has 1 saturated heterocycles. The first-order valence-corrected chi connectivity index (χ1v) is 14.1. The number of aryl methyl sites for hydroxylation is 1. The van der Waals surface area contributed by atoms with Gasteiger partial charge in [-0.15, -0.1) is 0 Å². The minimum Gasteiger partial charge on any atom is -0.497 e. The molecule has 40 heavy (non-hydrogen) atoms. The number of pyridine rings is 1. The molecule has 200 valence electrons. The Morgan fingerprint density at radius 2 is 1.55 bits per heavy atom. The van der Waals surface area contributed by atoms with Crippen LogP contribution >= 0.6 is 24.0 Å². The molecule has 2 aromatic heterocycles. The fourth-order valence-corrected chi connectivity index (χ4v) is 5.77. The van der Waals surface area contributed by atoms with E-state index >= 15 is 0 Å². The molecule has 3 aromatic carbocycles. The number of hydrogen-bond donors (Lipinski definition) is 1. The van der Waals surface area contributed by atoms with Crippen molar-refractivity contribution in [2.75, 3.05) is 12.0 Å². The van der Waals surface area contributed by atoms with Crippen molar-refractivity contribution in [3.8, 4) is 17.2 Å². The number of ether oxygens (including phenoxy) is 2.